The zero-order valence-electron chi connectivity index (χ0n) is 15.9. The fourth-order valence-electron chi connectivity index (χ4n) is 2.43. The molecule has 3 aromatic rings. The molecule has 1 heterocycles. The van der Waals surface area contributed by atoms with E-state index < -0.39 is 11.9 Å². The van der Waals surface area contributed by atoms with Crippen LogP contribution >= 0.6 is 11.3 Å². The number of ether oxygens (including phenoxy) is 2. The largest absolute Gasteiger partial charge is 0.508 e. The van der Waals surface area contributed by atoms with Gasteiger partial charge in [0.1, 0.15) is 16.4 Å². The molecule has 2 aromatic carbocycles. The van der Waals surface area contributed by atoms with Gasteiger partial charge < -0.3 is 19.7 Å². The molecular formula is C21H18N2O6S. The second kappa shape index (κ2) is 9.57. The molecule has 0 fully saturated rings. The Morgan fingerprint density at radius 2 is 1.97 bits per heavy atom. The Kier molecular flexibility index (Phi) is 6.66. The molecule has 30 heavy (non-hydrogen) atoms. The molecule has 0 unspecified atom stereocenters. The van der Waals surface area contributed by atoms with Crippen LogP contribution in [0, 0.1) is 0 Å². The van der Waals surface area contributed by atoms with Crippen molar-refractivity contribution in [3.63, 3.8) is 0 Å². The van der Waals surface area contributed by atoms with Gasteiger partial charge in [-0.05, 0) is 60.3 Å². The van der Waals surface area contributed by atoms with Gasteiger partial charge in [-0.15, -0.1) is 11.3 Å². The van der Waals surface area contributed by atoms with Crippen LogP contribution in [-0.4, -0.2) is 34.9 Å². The maximum atomic E-state index is 12.2. The van der Waals surface area contributed by atoms with Crippen molar-refractivity contribution in [3.8, 4) is 23.0 Å². The summed E-state index contributed by atoms with van der Waals surface area (Å²) in [5, 5.41) is 24.8. The first-order valence-electron chi connectivity index (χ1n) is 8.86. The fourth-order valence-corrected chi connectivity index (χ4v) is 3.03. The Morgan fingerprint density at radius 3 is 2.70 bits per heavy atom. The van der Waals surface area contributed by atoms with Crippen molar-refractivity contribution in [3.05, 3.63) is 69.9 Å². The Bertz CT molecular complexity index is 1080. The number of nitrogens with zero attached hydrogens (tertiary/aromatic N) is 1. The molecule has 1 amide bonds. The monoisotopic (exact) mass is 426 g/mol. The summed E-state index contributed by atoms with van der Waals surface area (Å²) in [6.07, 6.45) is 1.37. The number of hydrogen-bond donors (Lipinski definition) is 3. The SMILES string of the molecule is CCOc1cc(C=NNC(=O)c2cc(O)ccc2O)ccc1OC(=O)c1cccs1. The number of esters is 1. The predicted molar refractivity (Wildman–Crippen MR) is 112 cm³/mol. The number of thiophene rings is 1. The van der Waals surface area contributed by atoms with Gasteiger partial charge in [0.2, 0.25) is 0 Å². The highest BCUT2D eigenvalue weighted by atomic mass is 32.1. The fraction of sp³-hybridized carbons (Fsp3) is 0.0952. The lowest BCUT2D eigenvalue weighted by atomic mass is 10.2. The normalized spacial score (nSPS) is 10.7. The number of rotatable bonds is 7. The van der Waals surface area contributed by atoms with E-state index in [1.54, 1.807) is 42.6 Å². The number of amides is 1. The minimum absolute atomic E-state index is 0.113. The maximum Gasteiger partial charge on any atom is 0.353 e. The first kappa shape index (κ1) is 20.9. The molecule has 3 rings (SSSR count). The van der Waals surface area contributed by atoms with Gasteiger partial charge in [0.05, 0.1) is 18.4 Å². The molecule has 0 aliphatic heterocycles. The minimum Gasteiger partial charge on any atom is -0.508 e. The number of benzene rings is 2. The number of phenolic OH excluding ortho intramolecular Hbond substituents is 2. The van der Waals surface area contributed by atoms with E-state index in [0.29, 0.717) is 22.8 Å². The lowest BCUT2D eigenvalue weighted by molar-refractivity contribution is 0.0733. The highest BCUT2D eigenvalue weighted by Crippen LogP contribution is 2.29. The third-order valence-corrected chi connectivity index (χ3v) is 4.65. The van der Waals surface area contributed by atoms with Crippen LogP contribution in [0.2, 0.25) is 0 Å². The van der Waals surface area contributed by atoms with Crippen molar-refractivity contribution < 1.29 is 29.3 Å². The van der Waals surface area contributed by atoms with E-state index in [1.165, 1.54) is 29.7 Å². The van der Waals surface area contributed by atoms with Crippen LogP contribution in [0.4, 0.5) is 0 Å². The first-order valence-corrected chi connectivity index (χ1v) is 9.73. The summed E-state index contributed by atoms with van der Waals surface area (Å²) < 4.78 is 10.9. The molecule has 154 valence electrons. The predicted octanol–water partition coefficient (Wildman–Crippen LogP) is 3.54. The molecule has 0 saturated carbocycles. The van der Waals surface area contributed by atoms with Gasteiger partial charge in [-0.3, -0.25) is 4.79 Å². The Balaban J connectivity index is 1.71. The van der Waals surface area contributed by atoms with Crippen LogP contribution in [0.5, 0.6) is 23.0 Å². The van der Waals surface area contributed by atoms with Crippen LogP contribution in [0.15, 0.2) is 59.0 Å². The number of phenols is 2. The van der Waals surface area contributed by atoms with Crippen LogP contribution in [0.3, 0.4) is 0 Å². The van der Waals surface area contributed by atoms with E-state index in [9.17, 15) is 19.8 Å². The topological polar surface area (TPSA) is 117 Å². The van der Waals surface area contributed by atoms with E-state index in [0.717, 1.165) is 6.07 Å². The van der Waals surface area contributed by atoms with Gasteiger partial charge in [0.15, 0.2) is 11.5 Å². The number of carbonyl (C=O) groups excluding carboxylic acids is 2. The molecule has 0 spiro atoms. The van der Waals surface area contributed by atoms with Crippen LogP contribution < -0.4 is 14.9 Å². The van der Waals surface area contributed by atoms with Crippen molar-refractivity contribution in [1.29, 1.82) is 0 Å². The molecule has 9 heteroatoms. The highest BCUT2D eigenvalue weighted by molar-refractivity contribution is 7.12. The summed E-state index contributed by atoms with van der Waals surface area (Å²) >= 11 is 1.28. The third kappa shape index (κ3) is 5.15. The number of carbonyl (C=O) groups is 2. The average molecular weight is 426 g/mol. The summed E-state index contributed by atoms with van der Waals surface area (Å²) in [6.45, 7) is 2.16. The summed E-state index contributed by atoms with van der Waals surface area (Å²) in [5.74, 6) is -0.992. The van der Waals surface area contributed by atoms with Gasteiger partial charge in [-0.2, -0.15) is 5.10 Å². The molecular weight excluding hydrogens is 408 g/mol. The summed E-state index contributed by atoms with van der Waals surface area (Å²) in [4.78, 5) is 24.7. The smallest absolute Gasteiger partial charge is 0.353 e. The Labute approximate surface area is 176 Å². The number of aromatic hydroxyl groups is 2. The maximum absolute atomic E-state index is 12.2. The first-order chi connectivity index (χ1) is 14.5. The molecule has 1 aromatic heterocycles. The van der Waals surface area contributed by atoms with E-state index >= 15 is 0 Å². The van der Waals surface area contributed by atoms with Crippen molar-refractivity contribution in [2.45, 2.75) is 6.92 Å². The molecule has 0 bridgehead atoms. The Hall–Kier alpha value is -3.85. The van der Waals surface area contributed by atoms with E-state index in [2.05, 4.69) is 10.5 Å². The van der Waals surface area contributed by atoms with E-state index in [-0.39, 0.29) is 22.8 Å². The third-order valence-electron chi connectivity index (χ3n) is 3.80. The van der Waals surface area contributed by atoms with Crippen molar-refractivity contribution in [1.82, 2.24) is 5.43 Å². The Morgan fingerprint density at radius 1 is 1.13 bits per heavy atom. The van der Waals surface area contributed by atoms with Crippen molar-refractivity contribution in [2.75, 3.05) is 6.61 Å². The van der Waals surface area contributed by atoms with Gasteiger partial charge in [-0.1, -0.05) is 6.07 Å². The lowest BCUT2D eigenvalue weighted by Gasteiger charge is -2.10. The molecule has 0 radical (unpaired) electrons. The van der Waals surface area contributed by atoms with Gasteiger partial charge in [0, 0.05) is 0 Å². The second-order valence-corrected chi connectivity index (χ2v) is 6.85. The highest BCUT2D eigenvalue weighted by Gasteiger charge is 2.14. The van der Waals surface area contributed by atoms with Crippen molar-refractivity contribution >= 4 is 29.4 Å². The minimum atomic E-state index is -0.689. The summed E-state index contributed by atoms with van der Waals surface area (Å²) in [7, 11) is 0. The molecule has 0 aliphatic carbocycles. The number of nitrogens with one attached hydrogen (secondary N) is 1. The lowest BCUT2D eigenvalue weighted by Crippen LogP contribution is -2.17. The van der Waals surface area contributed by atoms with Crippen LogP contribution in [0.25, 0.3) is 0 Å². The van der Waals surface area contributed by atoms with Crippen LogP contribution in [0.1, 0.15) is 32.5 Å². The van der Waals surface area contributed by atoms with Crippen molar-refractivity contribution in [2.24, 2.45) is 5.10 Å². The van der Waals surface area contributed by atoms with Gasteiger partial charge >= 0.3 is 5.97 Å². The molecule has 0 aliphatic rings. The molecule has 8 nitrogen and oxygen atoms in total. The second-order valence-electron chi connectivity index (χ2n) is 5.91. The van der Waals surface area contributed by atoms with Crippen LogP contribution in [-0.2, 0) is 0 Å². The van der Waals surface area contributed by atoms with E-state index in [1.807, 2.05) is 0 Å². The zero-order valence-corrected chi connectivity index (χ0v) is 16.7. The standard InChI is InChI=1S/C21H18N2O6S/c1-2-28-18-10-13(5-8-17(18)29-21(27)19-4-3-9-30-19)12-22-23-20(26)15-11-14(24)6-7-16(15)25/h3-12,24-25H,2H2,1H3,(H,23,26). The molecule has 3 N–H and O–H groups in total. The number of hydrazone groups is 1. The quantitative estimate of drug-likeness (QED) is 0.175. The number of hydrogen-bond acceptors (Lipinski definition) is 8. The molecule has 0 saturated heterocycles. The average Bonchev–Trinajstić information content (AvgIpc) is 3.27. The summed E-state index contributed by atoms with van der Waals surface area (Å²) in [5.41, 5.74) is 2.73. The zero-order chi connectivity index (χ0) is 21.5. The molecule has 0 atom stereocenters. The van der Waals surface area contributed by atoms with Gasteiger partial charge in [-0.25, -0.2) is 10.2 Å². The van der Waals surface area contributed by atoms with Gasteiger partial charge in [0.25, 0.3) is 5.91 Å². The summed E-state index contributed by atoms with van der Waals surface area (Å²) in [6, 6.07) is 11.8. The van der Waals surface area contributed by atoms with E-state index in [4.69, 9.17) is 9.47 Å².